The Bertz CT molecular complexity index is 1130. The molecule has 0 saturated carbocycles. The fraction of sp³-hybridized carbons (Fsp3) is 0.211. The van der Waals surface area contributed by atoms with Crippen LogP contribution in [0.1, 0.15) is 10.5 Å². The molecule has 1 amide bonds. The smallest absolute Gasteiger partial charge is 0.276 e. The molecule has 3 rings (SSSR count). The van der Waals surface area contributed by atoms with E-state index in [0.29, 0.717) is 21.4 Å². The van der Waals surface area contributed by atoms with Crippen molar-refractivity contribution in [2.24, 2.45) is 7.05 Å². The van der Waals surface area contributed by atoms with Crippen molar-refractivity contribution < 1.29 is 13.2 Å². The first-order valence-corrected chi connectivity index (χ1v) is 10.9. The number of amides is 1. The van der Waals surface area contributed by atoms with Gasteiger partial charge in [0.05, 0.1) is 23.0 Å². The number of anilines is 1. The van der Waals surface area contributed by atoms with Gasteiger partial charge in [0.1, 0.15) is 5.69 Å². The highest BCUT2D eigenvalue weighted by atomic mass is 32.2. The maximum Gasteiger partial charge on any atom is 0.276 e. The quantitative estimate of drug-likeness (QED) is 0.596. The molecule has 0 N–H and O–H groups in total. The van der Waals surface area contributed by atoms with Gasteiger partial charge in [-0.1, -0.05) is 23.9 Å². The zero-order valence-electron chi connectivity index (χ0n) is 16.5. The molecule has 29 heavy (non-hydrogen) atoms. The molecular weight excluding hydrogens is 410 g/mol. The minimum Gasteiger partial charge on any atom is -0.318 e. The summed E-state index contributed by atoms with van der Waals surface area (Å²) in [5, 5.41) is 0.509. The predicted molar refractivity (Wildman–Crippen MR) is 112 cm³/mol. The summed E-state index contributed by atoms with van der Waals surface area (Å²) in [6, 6.07) is 10.3. The fourth-order valence-electron chi connectivity index (χ4n) is 2.57. The van der Waals surface area contributed by atoms with Gasteiger partial charge in [0.15, 0.2) is 5.16 Å². The Morgan fingerprint density at radius 2 is 1.79 bits per heavy atom. The summed E-state index contributed by atoms with van der Waals surface area (Å²) in [7, 11) is 2.76. The number of rotatable bonds is 6. The van der Waals surface area contributed by atoms with Crippen LogP contribution in [0.5, 0.6) is 0 Å². The molecule has 2 heterocycles. The standard InChI is InChI=1S/C19H21N5O3S2/c1-22(2)29(26,27)17-10-6-5-9-16(17)28-19-21-13-15(24(19)4)18(25)23(3)14-8-7-11-20-12-14/h5-13H,1-4H3. The molecule has 0 unspecified atom stereocenters. The lowest BCUT2D eigenvalue weighted by Gasteiger charge is -2.17. The van der Waals surface area contributed by atoms with Crippen LogP contribution in [0, 0.1) is 0 Å². The first-order chi connectivity index (χ1) is 13.7. The Hall–Kier alpha value is -2.69. The summed E-state index contributed by atoms with van der Waals surface area (Å²) < 4.78 is 28.0. The Labute approximate surface area is 174 Å². The molecule has 0 radical (unpaired) electrons. The van der Waals surface area contributed by atoms with Crippen molar-refractivity contribution in [2.45, 2.75) is 14.9 Å². The predicted octanol–water partition coefficient (Wildman–Crippen LogP) is 2.49. The molecule has 0 atom stereocenters. The maximum absolute atomic E-state index is 12.9. The van der Waals surface area contributed by atoms with Gasteiger partial charge in [-0.15, -0.1) is 0 Å². The maximum atomic E-state index is 12.9. The van der Waals surface area contributed by atoms with E-state index in [1.165, 1.54) is 41.3 Å². The van der Waals surface area contributed by atoms with Gasteiger partial charge in [-0.05, 0) is 24.3 Å². The normalized spacial score (nSPS) is 11.6. The van der Waals surface area contributed by atoms with Gasteiger partial charge >= 0.3 is 0 Å². The van der Waals surface area contributed by atoms with Gasteiger partial charge in [-0.25, -0.2) is 17.7 Å². The third kappa shape index (κ3) is 4.19. The number of aromatic nitrogens is 3. The molecule has 2 aromatic heterocycles. The molecule has 0 saturated heterocycles. The van der Waals surface area contributed by atoms with Crippen LogP contribution in [-0.2, 0) is 17.1 Å². The summed E-state index contributed by atoms with van der Waals surface area (Å²) in [6.07, 6.45) is 4.73. The largest absolute Gasteiger partial charge is 0.318 e. The SMILES string of the molecule is CN(C(=O)c1cnc(Sc2ccccc2S(=O)(=O)N(C)C)n1C)c1cccnc1. The van der Waals surface area contributed by atoms with Crippen molar-refractivity contribution in [2.75, 3.05) is 26.0 Å². The second-order valence-corrected chi connectivity index (χ2v) is 9.53. The number of carbonyl (C=O) groups excluding carboxylic acids is 1. The number of hydrogen-bond donors (Lipinski definition) is 0. The number of nitrogens with zero attached hydrogens (tertiary/aromatic N) is 5. The second-order valence-electron chi connectivity index (χ2n) is 6.40. The van der Waals surface area contributed by atoms with E-state index in [4.69, 9.17) is 0 Å². The van der Waals surface area contributed by atoms with E-state index in [1.54, 1.807) is 67.5 Å². The summed E-state index contributed by atoms with van der Waals surface area (Å²) >= 11 is 1.19. The second kappa shape index (κ2) is 8.36. The van der Waals surface area contributed by atoms with E-state index in [1.807, 2.05) is 0 Å². The molecule has 0 spiro atoms. The molecule has 1 aromatic carbocycles. The molecule has 152 valence electrons. The highest BCUT2D eigenvalue weighted by molar-refractivity contribution is 8.00. The Balaban J connectivity index is 1.91. The molecule has 0 aliphatic heterocycles. The van der Waals surface area contributed by atoms with Gasteiger partial charge in [-0.3, -0.25) is 9.78 Å². The zero-order chi connectivity index (χ0) is 21.2. The molecule has 0 aliphatic rings. The van der Waals surface area contributed by atoms with Crippen LogP contribution < -0.4 is 4.90 Å². The Kier molecular flexibility index (Phi) is 6.06. The molecule has 3 aromatic rings. The summed E-state index contributed by atoms with van der Waals surface area (Å²) in [6.45, 7) is 0. The van der Waals surface area contributed by atoms with Gasteiger partial charge in [0.25, 0.3) is 5.91 Å². The van der Waals surface area contributed by atoms with Crippen molar-refractivity contribution in [3.63, 3.8) is 0 Å². The lowest BCUT2D eigenvalue weighted by atomic mass is 10.3. The molecule has 0 bridgehead atoms. The number of imidazole rings is 1. The third-order valence-electron chi connectivity index (χ3n) is 4.31. The van der Waals surface area contributed by atoms with E-state index in [9.17, 15) is 13.2 Å². The highest BCUT2D eigenvalue weighted by Gasteiger charge is 2.24. The first-order valence-electron chi connectivity index (χ1n) is 8.62. The van der Waals surface area contributed by atoms with Gasteiger partial charge in [0, 0.05) is 39.3 Å². The van der Waals surface area contributed by atoms with E-state index >= 15 is 0 Å². The third-order valence-corrected chi connectivity index (χ3v) is 7.45. The van der Waals surface area contributed by atoms with Crippen LogP contribution in [0.2, 0.25) is 0 Å². The summed E-state index contributed by atoms with van der Waals surface area (Å²) in [4.78, 5) is 23.5. The molecule has 0 fully saturated rings. The molecule has 10 heteroatoms. The van der Waals surface area contributed by atoms with E-state index in [2.05, 4.69) is 9.97 Å². The number of carbonyl (C=O) groups is 1. The lowest BCUT2D eigenvalue weighted by molar-refractivity contribution is 0.0984. The van der Waals surface area contributed by atoms with Gasteiger partial charge in [0.2, 0.25) is 10.0 Å². The molecule has 0 aliphatic carbocycles. The average Bonchev–Trinajstić information content (AvgIpc) is 3.08. The van der Waals surface area contributed by atoms with Crippen molar-refractivity contribution >= 4 is 33.4 Å². The van der Waals surface area contributed by atoms with E-state index < -0.39 is 10.0 Å². The van der Waals surface area contributed by atoms with Crippen LogP contribution in [0.4, 0.5) is 5.69 Å². The van der Waals surface area contributed by atoms with Crippen molar-refractivity contribution in [1.29, 1.82) is 0 Å². The van der Waals surface area contributed by atoms with Crippen LogP contribution in [-0.4, -0.2) is 54.3 Å². The lowest BCUT2D eigenvalue weighted by Crippen LogP contribution is -2.28. The van der Waals surface area contributed by atoms with Crippen LogP contribution in [0.25, 0.3) is 0 Å². The van der Waals surface area contributed by atoms with Gasteiger partial charge < -0.3 is 9.47 Å². The number of benzene rings is 1. The Morgan fingerprint density at radius 3 is 2.45 bits per heavy atom. The fourth-order valence-corrected chi connectivity index (χ4v) is 4.83. The van der Waals surface area contributed by atoms with Crippen LogP contribution >= 0.6 is 11.8 Å². The highest BCUT2D eigenvalue weighted by Crippen LogP contribution is 2.33. The minimum atomic E-state index is -3.61. The van der Waals surface area contributed by atoms with Crippen molar-refractivity contribution in [3.05, 3.63) is 60.7 Å². The zero-order valence-corrected chi connectivity index (χ0v) is 18.1. The molecule has 8 nitrogen and oxygen atoms in total. The number of pyridine rings is 1. The van der Waals surface area contributed by atoms with Crippen molar-refractivity contribution in [1.82, 2.24) is 18.8 Å². The Morgan fingerprint density at radius 1 is 1.07 bits per heavy atom. The van der Waals surface area contributed by atoms with Gasteiger partial charge in [-0.2, -0.15) is 0 Å². The average molecular weight is 432 g/mol. The van der Waals surface area contributed by atoms with Crippen LogP contribution in [0.15, 0.2) is 69.9 Å². The first kappa shape index (κ1) is 21.0. The monoisotopic (exact) mass is 431 g/mol. The van der Waals surface area contributed by atoms with Crippen LogP contribution in [0.3, 0.4) is 0 Å². The number of hydrogen-bond acceptors (Lipinski definition) is 6. The summed E-state index contributed by atoms with van der Waals surface area (Å²) in [5.41, 5.74) is 1.04. The minimum absolute atomic E-state index is 0.193. The van der Waals surface area contributed by atoms with Crippen molar-refractivity contribution in [3.8, 4) is 0 Å². The molecular formula is C19H21N5O3S2. The summed E-state index contributed by atoms with van der Waals surface area (Å²) in [5.74, 6) is -0.242. The number of sulfonamides is 1. The van der Waals surface area contributed by atoms with E-state index in [0.717, 1.165) is 0 Å². The van der Waals surface area contributed by atoms with E-state index in [-0.39, 0.29) is 10.8 Å². The topological polar surface area (TPSA) is 88.4 Å².